The smallest absolute Gasteiger partial charge is 0.253 e. The lowest BCUT2D eigenvalue weighted by molar-refractivity contribution is -0.114. The summed E-state index contributed by atoms with van der Waals surface area (Å²) in [5.41, 5.74) is 2.45. The zero-order chi connectivity index (χ0) is 24.3. The maximum Gasteiger partial charge on any atom is 0.253 e. The number of nitrogens with zero attached hydrogens (tertiary/aromatic N) is 1. The van der Waals surface area contributed by atoms with Crippen molar-refractivity contribution in [2.24, 2.45) is 5.92 Å². The van der Waals surface area contributed by atoms with E-state index < -0.39 is 0 Å². The molecule has 1 heterocycles. The van der Waals surface area contributed by atoms with Crippen molar-refractivity contribution in [2.75, 3.05) is 50.5 Å². The molecule has 1 fully saturated rings. The van der Waals surface area contributed by atoms with Gasteiger partial charge in [0.05, 0.1) is 6.54 Å². The highest BCUT2D eigenvalue weighted by Gasteiger charge is 2.21. The second-order valence-electron chi connectivity index (χ2n) is 8.64. The Balaban J connectivity index is 1.46. The molecular formula is C26H34N4O4. The van der Waals surface area contributed by atoms with Crippen LogP contribution in [0, 0.1) is 5.92 Å². The van der Waals surface area contributed by atoms with E-state index in [1.807, 2.05) is 4.90 Å². The highest BCUT2D eigenvalue weighted by atomic mass is 16.5. The first kappa shape index (κ1) is 25.2. The summed E-state index contributed by atoms with van der Waals surface area (Å²) in [5.74, 6) is 0.288. The second kappa shape index (κ2) is 12.7. The number of nitrogens with one attached hydrogen (secondary N) is 3. The van der Waals surface area contributed by atoms with Crippen LogP contribution in [0.25, 0.3) is 0 Å². The van der Waals surface area contributed by atoms with Crippen LogP contribution in [0.1, 0.15) is 46.9 Å². The third-order valence-corrected chi connectivity index (χ3v) is 5.88. The van der Waals surface area contributed by atoms with Crippen LogP contribution < -0.4 is 16.0 Å². The largest absolute Gasteiger partial charge is 0.385 e. The zero-order valence-corrected chi connectivity index (χ0v) is 19.9. The number of hydrogen-bond acceptors (Lipinski definition) is 5. The summed E-state index contributed by atoms with van der Waals surface area (Å²) in [6.07, 6.45) is 2.80. The Morgan fingerprint density at radius 1 is 1.00 bits per heavy atom. The van der Waals surface area contributed by atoms with Crippen LogP contribution in [0.5, 0.6) is 0 Å². The van der Waals surface area contributed by atoms with Crippen LogP contribution in [0.3, 0.4) is 0 Å². The first-order valence-corrected chi connectivity index (χ1v) is 11.8. The number of likely N-dealkylation sites (tertiary alicyclic amines) is 1. The maximum atomic E-state index is 12.8. The average Bonchev–Trinajstić information content (AvgIpc) is 2.86. The number of carbonyl (C=O) groups excluding carboxylic acids is 3. The van der Waals surface area contributed by atoms with Gasteiger partial charge in [0.1, 0.15) is 0 Å². The number of piperidine rings is 1. The van der Waals surface area contributed by atoms with Gasteiger partial charge in [-0.05, 0) is 67.6 Å². The summed E-state index contributed by atoms with van der Waals surface area (Å²) in [7, 11) is 1.63. The molecule has 0 atom stereocenters. The topological polar surface area (TPSA) is 99.8 Å². The molecule has 0 saturated carbocycles. The van der Waals surface area contributed by atoms with Crippen LogP contribution in [-0.4, -0.2) is 62.5 Å². The van der Waals surface area contributed by atoms with Gasteiger partial charge < -0.3 is 25.6 Å². The van der Waals surface area contributed by atoms with E-state index in [0.717, 1.165) is 38.0 Å². The molecule has 2 aromatic carbocycles. The predicted molar refractivity (Wildman–Crippen MR) is 133 cm³/mol. The Kier molecular flexibility index (Phi) is 9.46. The number of ether oxygens (including phenoxy) is 1. The second-order valence-corrected chi connectivity index (χ2v) is 8.64. The molecule has 0 unspecified atom stereocenters. The number of amides is 3. The van der Waals surface area contributed by atoms with E-state index in [9.17, 15) is 14.4 Å². The van der Waals surface area contributed by atoms with Crippen LogP contribution >= 0.6 is 0 Å². The molecule has 182 valence electrons. The van der Waals surface area contributed by atoms with E-state index >= 15 is 0 Å². The minimum Gasteiger partial charge on any atom is -0.385 e. The lowest BCUT2D eigenvalue weighted by Gasteiger charge is -2.30. The zero-order valence-electron chi connectivity index (χ0n) is 19.9. The minimum absolute atomic E-state index is 0.00366. The van der Waals surface area contributed by atoms with Gasteiger partial charge in [0.15, 0.2) is 0 Å². The van der Waals surface area contributed by atoms with Gasteiger partial charge in [0, 0.05) is 55.9 Å². The molecule has 3 rings (SSSR count). The van der Waals surface area contributed by atoms with Crippen molar-refractivity contribution < 1.29 is 19.1 Å². The Morgan fingerprint density at radius 3 is 2.44 bits per heavy atom. The van der Waals surface area contributed by atoms with Crippen molar-refractivity contribution in [1.29, 1.82) is 0 Å². The van der Waals surface area contributed by atoms with Gasteiger partial charge in [-0.25, -0.2) is 0 Å². The predicted octanol–water partition coefficient (Wildman–Crippen LogP) is 3.38. The normalized spacial score (nSPS) is 13.9. The number of hydrogen-bond donors (Lipinski definition) is 3. The molecule has 0 bridgehead atoms. The van der Waals surface area contributed by atoms with Crippen LogP contribution in [0.15, 0.2) is 48.5 Å². The fraction of sp³-hybridized carbons (Fsp3) is 0.423. The first-order valence-electron chi connectivity index (χ1n) is 11.8. The minimum atomic E-state index is -0.226. The van der Waals surface area contributed by atoms with E-state index in [1.165, 1.54) is 0 Å². The molecule has 3 N–H and O–H groups in total. The SMILES string of the molecule is COCCCNC(=O)c1ccc(NCC(=O)Nc2cccc(C(=O)N3CCC(C)CC3)c2)cc1. The van der Waals surface area contributed by atoms with Gasteiger partial charge in [-0.3, -0.25) is 14.4 Å². The van der Waals surface area contributed by atoms with Gasteiger partial charge in [0.25, 0.3) is 11.8 Å². The number of carbonyl (C=O) groups is 3. The molecule has 0 spiro atoms. The molecule has 0 radical (unpaired) electrons. The van der Waals surface area contributed by atoms with Gasteiger partial charge in [-0.1, -0.05) is 13.0 Å². The van der Waals surface area contributed by atoms with Crippen LogP contribution in [-0.2, 0) is 9.53 Å². The van der Waals surface area contributed by atoms with Gasteiger partial charge in [-0.2, -0.15) is 0 Å². The van der Waals surface area contributed by atoms with Gasteiger partial charge in [0.2, 0.25) is 5.91 Å². The number of anilines is 2. The first-order chi connectivity index (χ1) is 16.5. The van der Waals surface area contributed by atoms with E-state index in [4.69, 9.17) is 4.74 Å². The van der Waals surface area contributed by atoms with Crippen LogP contribution in [0.4, 0.5) is 11.4 Å². The highest BCUT2D eigenvalue weighted by molar-refractivity contribution is 5.98. The summed E-state index contributed by atoms with van der Waals surface area (Å²) in [5, 5.41) is 8.72. The Morgan fingerprint density at radius 2 is 1.74 bits per heavy atom. The summed E-state index contributed by atoms with van der Waals surface area (Å²) in [4.78, 5) is 39.2. The van der Waals surface area contributed by atoms with Crippen molar-refractivity contribution in [3.05, 3.63) is 59.7 Å². The van der Waals surface area contributed by atoms with Crippen molar-refractivity contribution >= 4 is 29.1 Å². The highest BCUT2D eigenvalue weighted by Crippen LogP contribution is 2.19. The maximum absolute atomic E-state index is 12.8. The standard InChI is InChI=1S/C26H34N4O4/c1-19-11-14-30(15-12-19)26(33)21-5-3-6-23(17-21)29-24(31)18-28-22-9-7-20(8-10-22)25(32)27-13-4-16-34-2/h3,5-10,17,19,28H,4,11-16,18H2,1-2H3,(H,27,32)(H,29,31). The summed E-state index contributed by atoms with van der Waals surface area (Å²) < 4.78 is 4.96. The van der Waals surface area contributed by atoms with Crippen molar-refractivity contribution in [2.45, 2.75) is 26.2 Å². The Hall–Kier alpha value is -3.39. The molecule has 1 saturated heterocycles. The van der Waals surface area contributed by atoms with Crippen molar-refractivity contribution in [3.63, 3.8) is 0 Å². The van der Waals surface area contributed by atoms with E-state index in [1.54, 1.807) is 55.6 Å². The molecule has 0 aliphatic carbocycles. The third-order valence-electron chi connectivity index (χ3n) is 5.88. The number of benzene rings is 2. The van der Waals surface area contributed by atoms with E-state index in [2.05, 4.69) is 22.9 Å². The molecule has 2 aromatic rings. The molecule has 1 aliphatic rings. The average molecular weight is 467 g/mol. The molecule has 0 aromatic heterocycles. The fourth-order valence-electron chi connectivity index (χ4n) is 3.77. The molecular weight excluding hydrogens is 432 g/mol. The summed E-state index contributed by atoms with van der Waals surface area (Å²) in [6, 6.07) is 14.0. The molecule has 1 aliphatic heterocycles. The monoisotopic (exact) mass is 466 g/mol. The van der Waals surface area contributed by atoms with E-state index in [-0.39, 0.29) is 24.3 Å². The lowest BCUT2D eigenvalue weighted by Crippen LogP contribution is -2.37. The van der Waals surface area contributed by atoms with E-state index in [0.29, 0.717) is 35.9 Å². The number of rotatable bonds is 10. The summed E-state index contributed by atoms with van der Waals surface area (Å²) in [6.45, 7) is 4.97. The fourth-order valence-corrected chi connectivity index (χ4v) is 3.77. The Bertz CT molecular complexity index is 969. The van der Waals surface area contributed by atoms with Crippen molar-refractivity contribution in [1.82, 2.24) is 10.2 Å². The van der Waals surface area contributed by atoms with Gasteiger partial charge in [-0.15, -0.1) is 0 Å². The molecule has 34 heavy (non-hydrogen) atoms. The van der Waals surface area contributed by atoms with Crippen LogP contribution in [0.2, 0.25) is 0 Å². The molecule has 3 amide bonds. The summed E-state index contributed by atoms with van der Waals surface area (Å²) >= 11 is 0. The Labute approximate surface area is 201 Å². The van der Waals surface area contributed by atoms with Gasteiger partial charge >= 0.3 is 0 Å². The van der Waals surface area contributed by atoms with Crippen molar-refractivity contribution in [3.8, 4) is 0 Å². The molecule has 8 heteroatoms. The number of methoxy groups -OCH3 is 1. The molecule has 8 nitrogen and oxygen atoms in total. The quantitative estimate of drug-likeness (QED) is 0.466. The third kappa shape index (κ3) is 7.59. The lowest BCUT2D eigenvalue weighted by atomic mass is 9.98.